The Morgan fingerprint density at radius 2 is 1.22 bits per heavy atom. The quantitative estimate of drug-likeness (QED) is 0.880. The minimum atomic E-state index is -2.96. The van der Waals surface area contributed by atoms with Gasteiger partial charge in [-0.15, -0.1) is 0 Å². The summed E-state index contributed by atoms with van der Waals surface area (Å²) < 4.78 is 28.1. The van der Waals surface area contributed by atoms with Crippen LogP contribution in [-0.4, -0.2) is 12.5 Å². The molecule has 0 saturated heterocycles. The van der Waals surface area contributed by atoms with Crippen LogP contribution in [0.3, 0.4) is 0 Å². The molecule has 3 heteroatoms. The molecule has 0 radical (unpaired) electrons. The van der Waals surface area contributed by atoms with E-state index in [0.29, 0.717) is 11.1 Å². The van der Waals surface area contributed by atoms with Gasteiger partial charge in [0.1, 0.15) is 0 Å². The molecule has 0 heterocycles. The van der Waals surface area contributed by atoms with Gasteiger partial charge in [-0.1, -0.05) is 60.7 Å². The van der Waals surface area contributed by atoms with E-state index in [0.717, 1.165) is 0 Å². The SMILES string of the molecule is NCC(F)(F)C(c1ccccc1)c1ccccc1. The molecule has 18 heavy (non-hydrogen) atoms. The van der Waals surface area contributed by atoms with E-state index in [4.69, 9.17) is 5.73 Å². The molecule has 2 aromatic carbocycles. The number of hydrogen-bond donors (Lipinski definition) is 1. The maximum atomic E-state index is 14.1. The highest BCUT2D eigenvalue weighted by Crippen LogP contribution is 2.38. The second kappa shape index (κ2) is 5.27. The van der Waals surface area contributed by atoms with Crippen LogP contribution in [0.25, 0.3) is 0 Å². The molecule has 94 valence electrons. The lowest BCUT2D eigenvalue weighted by Gasteiger charge is -2.26. The first-order valence-corrected chi connectivity index (χ1v) is 5.83. The molecule has 2 N–H and O–H groups in total. The van der Waals surface area contributed by atoms with Crippen molar-refractivity contribution >= 4 is 0 Å². The first-order chi connectivity index (χ1) is 8.65. The van der Waals surface area contributed by atoms with Gasteiger partial charge in [-0.2, -0.15) is 0 Å². The largest absolute Gasteiger partial charge is 0.325 e. The van der Waals surface area contributed by atoms with Crippen molar-refractivity contribution in [1.29, 1.82) is 0 Å². The lowest BCUT2D eigenvalue weighted by molar-refractivity contribution is -0.00610. The van der Waals surface area contributed by atoms with Gasteiger partial charge in [0.25, 0.3) is 5.92 Å². The Balaban J connectivity index is 2.49. The Labute approximate surface area is 105 Å². The summed E-state index contributed by atoms with van der Waals surface area (Å²) in [5, 5.41) is 0. The Bertz CT molecular complexity index is 443. The molecule has 0 bridgehead atoms. The van der Waals surface area contributed by atoms with Crippen LogP contribution in [0.1, 0.15) is 17.0 Å². The monoisotopic (exact) mass is 247 g/mol. The fourth-order valence-electron chi connectivity index (χ4n) is 2.09. The first kappa shape index (κ1) is 12.7. The van der Waals surface area contributed by atoms with Gasteiger partial charge >= 0.3 is 0 Å². The van der Waals surface area contributed by atoms with E-state index in [2.05, 4.69) is 0 Å². The maximum absolute atomic E-state index is 14.1. The molecule has 0 spiro atoms. The average Bonchev–Trinajstić information content (AvgIpc) is 2.41. The van der Waals surface area contributed by atoms with Crippen LogP contribution < -0.4 is 5.73 Å². The minimum absolute atomic E-state index is 0.583. The molecular formula is C15H15F2N. The van der Waals surface area contributed by atoms with E-state index in [1.54, 1.807) is 48.5 Å². The van der Waals surface area contributed by atoms with Crippen molar-refractivity contribution in [2.24, 2.45) is 5.73 Å². The fraction of sp³-hybridized carbons (Fsp3) is 0.200. The average molecular weight is 247 g/mol. The zero-order valence-electron chi connectivity index (χ0n) is 9.89. The Morgan fingerprint density at radius 3 is 1.56 bits per heavy atom. The van der Waals surface area contributed by atoms with Crippen molar-refractivity contribution < 1.29 is 8.78 Å². The summed E-state index contributed by atoms with van der Waals surface area (Å²) in [6.45, 7) is -0.665. The number of hydrogen-bond acceptors (Lipinski definition) is 1. The van der Waals surface area contributed by atoms with Crippen molar-refractivity contribution in [2.45, 2.75) is 11.8 Å². The van der Waals surface area contributed by atoms with Gasteiger partial charge in [0.2, 0.25) is 0 Å². The molecule has 0 amide bonds. The molecular weight excluding hydrogens is 232 g/mol. The minimum Gasteiger partial charge on any atom is -0.325 e. The highest BCUT2D eigenvalue weighted by Gasteiger charge is 2.40. The third kappa shape index (κ3) is 2.57. The molecule has 0 atom stereocenters. The predicted molar refractivity (Wildman–Crippen MR) is 68.7 cm³/mol. The normalized spacial score (nSPS) is 11.8. The smallest absolute Gasteiger partial charge is 0.270 e. The van der Waals surface area contributed by atoms with Gasteiger partial charge in [0, 0.05) is 0 Å². The van der Waals surface area contributed by atoms with Crippen LogP contribution >= 0.6 is 0 Å². The second-order valence-electron chi connectivity index (χ2n) is 4.22. The molecule has 2 aromatic rings. The van der Waals surface area contributed by atoms with Crippen molar-refractivity contribution in [3.05, 3.63) is 71.8 Å². The maximum Gasteiger partial charge on any atom is 0.270 e. The lowest BCUT2D eigenvalue weighted by atomic mass is 9.86. The molecule has 0 aromatic heterocycles. The van der Waals surface area contributed by atoms with Gasteiger partial charge in [-0.3, -0.25) is 0 Å². The van der Waals surface area contributed by atoms with E-state index < -0.39 is 18.4 Å². The molecule has 2 rings (SSSR count). The zero-order chi connectivity index (χ0) is 13.0. The highest BCUT2D eigenvalue weighted by atomic mass is 19.3. The number of nitrogens with two attached hydrogens (primary N) is 1. The second-order valence-corrected chi connectivity index (χ2v) is 4.22. The Morgan fingerprint density at radius 1 is 0.833 bits per heavy atom. The number of benzene rings is 2. The first-order valence-electron chi connectivity index (χ1n) is 5.83. The van der Waals surface area contributed by atoms with E-state index in [-0.39, 0.29) is 0 Å². The number of rotatable bonds is 4. The summed E-state index contributed by atoms with van der Waals surface area (Å²) in [6.07, 6.45) is 0. The molecule has 0 fully saturated rings. The van der Waals surface area contributed by atoms with Crippen molar-refractivity contribution in [3.63, 3.8) is 0 Å². The van der Waals surface area contributed by atoms with Crippen LogP contribution in [0.4, 0.5) is 8.78 Å². The summed E-state index contributed by atoms with van der Waals surface area (Å²) in [6, 6.07) is 17.5. The highest BCUT2D eigenvalue weighted by molar-refractivity contribution is 5.35. The Hall–Kier alpha value is -1.74. The lowest BCUT2D eigenvalue weighted by Crippen LogP contribution is -2.35. The summed E-state index contributed by atoms with van der Waals surface area (Å²) in [5.41, 5.74) is 6.40. The van der Waals surface area contributed by atoms with Crippen LogP contribution in [0, 0.1) is 0 Å². The summed E-state index contributed by atoms with van der Waals surface area (Å²) in [4.78, 5) is 0. The summed E-state index contributed by atoms with van der Waals surface area (Å²) >= 11 is 0. The topological polar surface area (TPSA) is 26.0 Å². The standard InChI is InChI=1S/C15H15F2N/c16-15(17,11-18)14(12-7-3-1-4-8-12)13-9-5-2-6-10-13/h1-10,14H,11,18H2. The van der Waals surface area contributed by atoms with Crippen LogP contribution in [-0.2, 0) is 0 Å². The van der Waals surface area contributed by atoms with Crippen molar-refractivity contribution in [1.82, 2.24) is 0 Å². The van der Waals surface area contributed by atoms with Crippen molar-refractivity contribution in [3.8, 4) is 0 Å². The predicted octanol–water partition coefficient (Wildman–Crippen LogP) is 3.41. The van der Waals surface area contributed by atoms with Gasteiger partial charge in [0.05, 0.1) is 12.5 Å². The van der Waals surface area contributed by atoms with E-state index in [1.165, 1.54) is 0 Å². The summed E-state index contributed by atoms with van der Waals surface area (Å²) in [5.74, 6) is -3.95. The Kier molecular flexibility index (Phi) is 3.72. The number of halogens is 2. The van der Waals surface area contributed by atoms with Gasteiger partial charge < -0.3 is 5.73 Å². The van der Waals surface area contributed by atoms with E-state index in [1.807, 2.05) is 12.1 Å². The fourth-order valence-corrected chi connectivity index (χ4v) is 2.09. The molecule has 0 aliphatic heterocycles. The molecule has 0 aliphatic carbocycles. The molecule has 0 aliphatic rings. The van der Waals surface area contributed by atoms with Gasteiger partial charge in [-0.25, -0.2) is 8.78 Å². The van der Waals surface area contributed by atoms with Crippen molar-refractivity contribution in [2.75, 3.05) is 6.54 Å². The number of alkyl halides is 2. The van der Waals surface area contributed by atoms with Crippen LogP contribution in [0.15, 0.2) is 60.7 Å². The van der Waals surface area contributed by atoms with Gasteiger partial charge in [-0.05, 0) is 11.1 Å². The van der Waals surface area contributed by atoms with Crippen LogP contribution in [0.2, 0.25) is 0 Å². The summed E-state index contributed by atoms with van der Waals surface area (Å²) in [7, 11) is 0. The van der Waals surface area contributed by atoms with Crippen LogP contribution in [0.5, 0.6) is 0 Å². The molecule has 0 saturated carbocycles. The van der Waals surface area contributed by atoms with E-state index in [9.17, 15) is 8.78 Å². The molecule has 0 unspecified atom stereocenters. The zero-order valence-corrected chi connectivity index (χ0v) is 9.89. The third-order valence-corrected chi connectivity index (χ3v) is 2.96. The van der Waals surface area contributed by atoms with Gasteiger partial charge in [0.15, 0.2) is 0 Å². The molecule has 1 nitrogen and oxygen atoms in total. The van der Waals surface area contributed by atoms with E-state index >= 15 is 0 Å². The third-order valence-electron chi connectivity index (χ3n) is 2.96.